The topological polar surface area (TPSA) is 62.3 Å². The van der Waals surface area contributed by atoms with Gasteiger partial charge in [-0.05, 0) is 12.1 Å². The first-order chi connectivity index (χ1) is 9.18. The average Bonchev–Trinajstić information content (AvgIpc) is 2.66. The highest BCUT2D eigenvalue weighted by molar-refractivity contribution is 9.11. The van der Waals surface area contributed by atoms with Gasteiger partial charge in [0.1, 0.15) is 0 Å². The van der Waals surface area contributed by atoms with Gasteiger partial charge in [0.15, 0.2) is 0 Å². The summed E-state index contributed by atoms with van der Waals surface area (Å²) in [6, 6.07) is 3.40. The van der Waals surface area contributed by atoms with Crippen molar-refractivity contribution in [2.75, 3.05) is 5.43 Å². The van der Waals surface area contributed by atoms with E-state index < -0.39 is 11.8 Å². The second-order valence-corrected chi connectivity index (χ2v) is 5.22. The molecule has 0 aromatic carbocycles. The molecule has 6 heteroatoms. The van der Waals surface area contributed by atoms with Gasteiger partial charge in [0, 0.05) is 16.9 Å². The molecule has 3 rings (SSSR count). The zero-order chi connectivity index (χ0) is 13.4. The summed E-state index contributed by atoms with van der Waals surface area (Å²) in [6.07, 6.45) is 8.52. The Labute approximate surface area is 118 Å². The fourth-order valence-corrected chi connectivity index (χ4v) is 2.85. The number of carbonyl (C=O) groups is 2. The maximum atomic E-state index is 12.3. The van der Waals surface area contributed by atoms with Crippen LogP contribution in [0.5, 0.6) is 0 Å². The fourth-order valence-electron chi connectivity index (χ4n) is 2.21. The van der Waals surface area contributed by atoms with Gasteiger partial charge in [0.25, 0.3) is 11.8 Å². The largest absolute Gasteiger partial charge is 0.289 e. The number of allylic oxidation sites excluding steroid dienone is 2. The number of fused-ring (bicyclic) bond motifs is 1. The van der Waals surface area contributed by atoms with Crippen molar-refractivity contribution in [1.29, 1.82) is 0 Å². The Morgan fingerprint density at radius 1 is 1.21 bits per heavy atom. The third kappa shape index (κ3) is 1.98. The number of hydrogen-bond donors (Lipinski definition) is 1. The third-order valence-electron chi connectivity index (χ3n) is 3.14. The molecule has 1 aliphatic heterocycles. The molecule has 0 bridgehead atoms. The SMILES string of the molecule is O=C1C2C=CC=C(Br)C2C(=O)N1Nc1ccncc1. The molecule has 1 aromatic heterocycles. The first-order valence-corrected chi connectivity index (χ1v) is 6.56. The Bertz CT molecular complexity index is 597. The van der Waals surface area contributed by atoms with E-state index in [0.717, 1.165) is 9.49 Å². The van der Waals surface area contributed by atoms with E-state index in [-0.39, 0.29) is 11.8 Å². The number of imide groups is 1. The first kappa shape index (κ1) is 12.1. The summed E-state index contributed by atoms with van der Waals surface area (Å²) in [7, 11) is 0. The lowest BCUT2D eigenvalue weighted by atomic mass is 9.91. The van der Waals surface area contributed by atoms with E-state index in [4.69, 9.17) is 0 Å². The van der Waals surface area contributed by atoms with Crippen LogP contribution >= 0.6 is 15.9 Å². The van der Waals surface area contributed by atoms with Crippen LogP contribution in [0.25, 0.3) is 0 Å². The van der Waals surface area contributed by atoms with Crippen LogP contribution in [-0.4, -0.2) is 21.8 Å². The molecule has 5 nitrogen and oxygen atoms in total. The fraction of sp³-hybridized carbons (Fsp3) is 0.154. The lowest BCUT2D eigenvalue weighted by Crippen LogP contribution is -2.36. The van der Waals surface area contributed by atoms with Gasteiger partial charge in [-0.2, -0.15) is 5.01 Å². The highest BCUT2D eigenvalue weighted by Gasteiger charge is 2.48. The Hall–Kier alpha value is -1.95. The molecule has 1 aromatic rings. The van der Waals surface area contributed by atoms with Crippen molar-refractivity contribution >= 4 is 33.4 Å². The Morgan fingerprint density at radius 2 is 1.95 bits per heavy atom. The van der Waals surface area contributed by atoms with Crippen molar-refractivity contribution < 1.29 is 9.59 Å². The molecule has 2 amide bonds. The van der Waals surface area contributed by atoms with E-state index in [1.165, 1.54) is 0 Å². The highest BCUT2D eigenvalue weighted by atomic mass is 79.9. The van der Waals surface area contributed by atoms with Gasteiger partial charge in [-0.15, -0.1) is 0 Å². The molecule has 2 unspecified atom stereocenters. The molecule has 0 spiro atoms. The van der Waals surface area contributed by atoms with Crippen LogP contribution in [0.4, 0.5) is 5.69 Å². The minimum atomic E-state index is -0.452. The summed E-state index contributed by atoms with van der Waals surface area (Å²) in [5.74, 6) is -1.37. The lowest BCUT2D eigenvalue weighted by molar-refractivity contribution is -0.137. The third-order valence-corrected chi connectivity index (χ3v) is 3.90. The number of carbonyl (C=O) groups excluding carboxylic acids is 2. The van der Waals surface area contributed by atoms with Crippen LogP contribution < -0.4 is 5.43 Å². The molecule has 1 fully saturated rings. The Morgan fingerprint density at radius 3 is 2.63 bits per heavy atom. The van der Waals surface area contributed by atoms with Crippen LogP contribution in [0.1, 0.15) is 0 Å². The molecular weight excluding hydrogens is 310 g/mol. The molecule has 2 atom stereocenters. The minimum Gasteiger partial charge on any atom is -0.289 e. The highest BCUT2D eigenvalue weighted by Crippen LogP contribution is 2.38. The summed E-state index contributed by atoms with van der Waals surface area (Å²) < 4.78 is 0.734. The van der Waals surface area contributed by atoms with Crippen LogP contribution in [0.15, 0.2) is 47.2 Å². The summed E-state index contributed by atoms with van der Waals surface area (Å²) in [6.45, 7) is 0. The van der Waals surface area contributed by atoms with Crippen LogP contribution in [0.3, 0.4) is 0 Å². The number of aromatic nitrogens is 1. The van der Waals surface area contributed by atoms with Crippen molar-refractivity contribution in [2.45, 2.75) is 0 Å². The number of amides is 2. The second-order valence-electron chi connectivity index (χ2n) is 4.30. The number of nitrogens with zero attached hydrogens (tertiary/aromatic N) is 2. The van der Waals surface area contributed by atoms with E-state index in [1.54, 1.807) is 42.8 Å². The first-order valence-electron chi connectivity index (χ1n) is 5.77. The van der Waals surface area contributed by atoms with Crippen molar-refractivity contribution in [3.8, 4) is 0 Å². The van der Waals surface area contributed by atoms with Crippen LogP contribution in [0.2, 0.25) is 0 Å². The normalized spacial score (nSPS) is 25.3. The molecular formula is C13H10BrN3O2. The van der Waals surface area contributed by atoms with Crippen molar-refractivity contribution in [3.05, 3.63) is 47.2 Å². The number of hydrogen-bond acceptors (Lipinski definition) is 4. The molecule has 19 heavy (non-hydrogen) atoms. The van der Waals surface area contributed by atoms with E-state index >= 15 is 0 Å². The molecule has 1 aliphatic carbocycles. The number of pyridine rings is 1. The van der Waals surface area contributed by atoms with E-state index in [0.29, 0.717) is 5.69 Å². The Balaban J connectivity index is 1.88. The second kappa shape index (κ2) is 4.62. The van der Waals surface area contributed by atoms with Crippen LogP contribution in [0, 0.1) is 11.8 Å². The van der Waals surface area contributed by atoms with Gasteiger partial charge in [-0.25, -0.2) is 0 Å². The summed E-state index contributed by atoms with van der Waals surface area (Å²) in [4.78, 5) is 28.4. The zero-order valence-corrected chi connectivity index (χ0v) is 11.4. The quantitative estimate of drug-likeness (QED) is 0.845. The number of nitrogens with one attached hydrogen (secondary N) is 1. The monoisotopic (exact) mass is 319 g/mol. The summed E-state index contributed by atoms with van der Waals surface area (Å²) in [5, 5.41) is 1.08. The minimum absolute atomic E-state index is 0.242. The number of anilines is 1. The van der Waals surface area contributed by atoms with E-state index in [2.05, 4.69) is 26.3 Å². The van der Waals surface area contributed by atoms with Gasteiger partial charge < -0.3 is 0 Å². The maximum absolute atomic E-state index is 12.3. The van der Waals surface area contributed by atoms with Crippen molar-refractivity contribution in [1.82, 2.24) is 9.99 Å². The van der Waals surface area contributed by atoms with Gasteiger partial charge >= 0.3 is 0 Å². The molecule has 0 saturated carbocycles. The molecule has 2 heterocycles. The van der Waals surface area contributed by atoms with Crippen molar-refractivity contribution in [2.24, 2.45) is 11.8 Å². The number of halogens is 1. The van der Waals surface area contributed by atoms with Gasteiger partial charge in [0.05, 0.1) is 17.5 Å². The molecule has 2 aliphatic rings. The zero-order valence-electron chi connectivity index (χ0n) is 9.79. The molecule has 96 valence electrons. The van der Waals surface area contributed by atoms with Gasteiger partial charge in [-0.3, -0.25) is 20.0 Å². The predicted molar refractivity (Wildman–Crippen MR) is 72.8 cm³/mol. The average molecular weight is 320 g/mol. The molecule has 0 radical (unpaired) electrons. The number of hydrazine groups is 1. The van der Waals surface area contributed by atoms with Gasteiger partial charge in [-0.1, -0.05) is 34.2 Å². The summed E-state index contributed by atoms with van der Waals surface area (Å²) >= 11 is 3.35. The summed E-state index contributed by atoms with van der Waals surface area (Å²) in [5.41, 5.74) is 3.48. The predicted octanol–water partition coefficient (Wildman–Crippen LogP) is 1.86. The smallest absolute Gasteiger partial charge is 0.257 e. The van der Waals surface area contributed by atoms with Gasteiger partial charge in [0.2, 0.25) is 0 Å². The van der Waals surface area contributed by atoms with E-state index in [1.807, 2.05) is 0 Å². The van der Waals surface area contributed by atoms with Crippen LogP contribution in [-0.2, 0) is 9.59 Å². The standard InChI is InChI=1S/C13H10BrN3O2/c14-10-3-1-2-9-11(10)13(19)17(12(9)18)16-8-4-6-15-7-5-8/h1-7,9,11H,(H,15,16). The lowest BCUT2D eigenvalue weighted by Gasteiger charge is -2.16. The maximum Gasteiger partial charge on any atom is 0.257 e. The number of rotatable bonds is 2. The van der Waals surface area contributed by atoms with E-state index in [9.17, 15) is 9.59 Å². The van der Waals surface area contributed by atoms with Crippen molar-refractivity contribution in [3.63, 3.8) is 0 Å². The molecule has 1 saturated heterocycles. The molecule has 1 N–H and O–H groups in total. The Kier molecular flexibility index (Phi) is 2.94.